The first kappa shape index (κ1) is 24.6. The highest BCUT2D eigenvalue weighted by Gasteiger charge is 2.26. The first-order valence-corrected chi connectivity index (χ1v) is 10.5. The Bertz CT molecular complexity index is 1030. The van der Waals surface area contributed by atoms with Crippen LogP contribution < -0.4 is 10.6 Å². The van der Waals surface area contributed by atoms with E-state index < -0.39 is 34.9 Å². The van der Waals surface area contributed by atoms with E-state index in [1.54, 1.807) is 19.1 Å². The molecule has 2 unspecified atom stereocenters. The van der Waals surface area contributed by atoms with Crippen LogP contribution in [0.15, 0.2) is 36.4 Å². The number of carboxylic acids is 2. The van der Waals surface area contributed by atoms with Gasteiger partial charge in [-0.1, -0.05) is 32.9 Å². The first-order chi connectivity index (χ1) is 15.1. The van der Waals surface area contributed by atoms with Crippen LogP contribution in [0.25, 0.3) is 0 Å². The van der Waals surface area contributed by atoms with E-state index in [1.165, 1.54) is 0 Å². The van der Waals surface area contributed by atoms with Crippen LogP contribution in [0.1, 0.15) is 93.4 Å². The average Bonchev–Trinajstić information content (AvgIpc) is 2.77. The molecule has 0 aliphatic rings. The molecule has 2 rings (SSSR count). The quantitative estimate of drug-likeness (QED) is 0.457. The van der Waals surface area contributed by atoms with Gasteiger partial charge in [0.05, 0.1) is 22.3 Å². The van der Waals surface area contributed by atoms with E-state index >= 15 is 0 Å². The van der Waals surface area contributed by atoms with E-state index in [9.17, 15) is 29.4 Å². The molecule has 170 valence electrons. The Hall–Kier alpha value is -3.68. The molecule has 0 heterocycles. The summed E-state index contributed by atoms with van der Waals surface area (Å²) in [4.78, 5) is 48.9. The second-order valence-corrected chi connectivity index (χ2v) is 7.72. The molecule has 0 aliphatic heterocycles. The van der Waals surface area contributed by atoms with Gasteiger partial charge < -0.3 is 20.8 Å². The van der Waals surface area contributed by atoms with Gasteiger partial charge in [-0.15, -0.1) is 0 Å². The van der Waals surface area contributed by atoms with Crippen LogP contribution in [0.5, 0.6) is 0 Å². The van der Waals surface area contributed by atoms with Crippen molar-refractivity contribution in [3.05, 3.63) is 64.2 Å². The number of nitrogens with one attached hydrogen (secondary N) is 2. The van der Waals surface area contributed by atoms with Crippen molar-refractivity contribution in [3.8, 4) is 0 Å². The number of rotatable bonds is 9. The predicted octanol–water partition coefficient (Wildman–Crippen LogP) is 4.38. The fourth-order valence-electron chi connectivity index (χ4n) is 3.06. The number of hydrogen-bond donors (Lipinski definition) is 4. The normalized spacial score (nSPS) is 12.5. The number of anilines is 1. The zero-order valence-corrected chi connectivity index (χ0v) is 18.6. The molecule has 0 spiro atoms. The van der Waals surface area contributed by atoms with Crippen LogP contribution >= 0.6 is 0 Å². The summed E-state index contributed by atoms with van der Waals surface area (Å²) in [6.45, 7) is 7.76. The number of hydrogen-bond acceptors (Lipinski definition) is 4. The monoisotopic (exact) mass is 440 g/mol. The zero-order valence-electron chi connectivity index (χ0n) is 18.6. The lowest BCUT2D eigenvalue weighted by Crippen LogP contribution is -2.33. The lowest BCUT2D eigenvalue weighted by molar-refractivity contribution is 0.0688. The van der Waals surface area contributed by atoms with Crippen molar-refractivity contribution in [3.63, 3.8) is 0 Å². The SMILES string of the molecule is CCC(C)NC(=O)c1cc(C(=O)Nc2ccc(C(C)CC)cc2)c(C(=O)O)cc1C(=O)O. The summed E-state index contributed by atoms with van der Waals surface area (Å²) >= 11 is 0. The lowest BCUT2D eigenvalue weighted by Gasteiger charge is -2.16. The number of carbonyl (C=O) groups excluding carboxylic acids is 2. The van der Waals surface area contributed by atoms with Crippen LogP contribution in [0.3, 0.4) is 0 Å². The van der Waals surface area contributed by atoms with Crippen molar-refractivity contribution in [2.45, 2.75) is 52.5 Å². The van der Waals surface area contributed by atoms with Crippen molar-refractivity contribution in [1.29, 1.82) is 0 Å². The van der Waals surface area contributed by atoms with Crippen LogP contribution in [0, 0.1) is 0 Å². The van der Waals surface area contributed by atoms with E-state index in [0.29, 0.717) is 18.0 Å². The molecule has 0 bridgehead atoms. The van der Waals surface area contributed by atoms with E-state index in [4.69, 9.17) is 0 Å². The summed E-state index contributed by atoms with van der Waals surface area (Å²) < 4.78 is 0. The molecule has 8 nitrogen and oxygen atoms in total. The minimum absolute atomic E-state index is 0.232. The van der Waals surface area contributed by atoms with Gasteiger partial charge in [-0.05, 0) is 55.5 Å². The lowest BCUT2D eigenvalue weighted by atomic mass is 9.96. The van der Waals surface area contributed by atoms with Crippen LogP contribution in [-0.4, -0.2) is 40.0 Å². The molecule has 32 heavy (non-hydrogen) atoms. The molecule has 0 aliphatic carbocycles. The maximum atomic E-state index is 12.9. The Morgan fingerprint density at radius 1 is 0.781 bits per heavy atom. The highest BCUT2D eigenvalue weighted by Crippen LogP contribution is 2.23. The van der Waals surface area contributed by atoms with Crippen LogP contribution in [0.4, 0.5) is 5.69 Å². The average molecular weight is 440 g/mol. The second kappa shape index (κ2) is 10.6. The minimum atomic E-state index is -1.47. The molecule has 2 amide bonds. The van der Waals surface area contributed by atoms with Crippen molar-refractivity contribution >= 4 is 29.4 Å². The molecule has 2 atom stereocenters. The highest BCUT2D eigenvalue weighted by molar-refractivity contribution is 6.14. The van der Waals surface area contributed by atoms with E-state index in [-0.39, 0.29) is 17.2 Å². The molecule has 0 saturated heterocycles. The number of benzene rings is 2. The predicted molar refractivity (Wildman–Crippen MR) is 121 cm³/mol. The van der Waals surface area contributed by atoms with Gasteiger partial charge in [0.15, 0.2) is 0 Å². The Balaban J connectivity index is 2.47. The van der Waals surface area contributed by atoms with Gasteiger partial charge in [0.1, 0.15) is 0 Å². The maximum absolute atomic E-state index is 12.9. The van der Waals surface area contributed by atoms with Gasteiger partial charge in [0, 0.05) is 11.7 Å². The zero-order chi connectivity index (χ0) is 24.0. The molecular weight excluding hydrogens is 412 g/mol. The van der Waals surface area contributed by atoms with Gasteiger partial charge in [0.25, 0.3) is 11.8 Å². The molecule has 0 saturated carbocycles. The Morgan fingerprint density at radius 3 is 1.75 bits per heavy atom. The third kappa shape index (κ3) is 5.72. The Morgan fingerprint density at radius 2 is 1.28 bits per heavy atom. The summed E-state index contributed by atoms with van der Waals surface area (Å²) in [5.74, 6) is -4.03. The summed E-state index contributed by atoms with van der Waals surface area (Å²) in [7, 11) is 0. The topological polar surface area (TPSA) is 133 Å². The second-order valence-electron chi connectivity index (χ2n) is 7.72. The Labute approximate surface area is 186 Å². The molecule has 2 aromatic carbocycles. The van der Waals surface area contributed by atoms with E-state index in [0.717, 1.165) is 24.1 Å². The summed E-state index contributed by atoms with van der Waals surface area (Å²) in [6.07, 6.45) is 1.58. The summed E-state index contributed by atoms with van der Waals surface area (Å²) in [6, 6.07) is 8.81. The molecule has 4 N–H and O–H groups in total. The molecule has 0 aromatic heterocycles. The van der Waals surface area contributed by atoms with E-state index in [2.05, 4.69) is 24.5 Å². The molecule has 2 aromatic rings. The molecule has 8 heteroatoms. The first-order valence-electron chi connectivity index (χ1n) is 10.5. The molecule has 0 radical (unpaired) electrons. The maximum Gasteiger partial charge on any atom is 0.336 e. The molecule has 0 fully saturated rings. The van der Waals surface area contributed by atoms with Gasteiger partial charge in [-0.2, -0.15) is 0 Å². The van der Waals surface area contributed by atoms with Crippen molar-refractivity contribution in [2.75, 3.05) is 5.32 Å². The number of carboxylic acid groups (broad SMARTS) is 2. The molecular formula is C24H28N2O6. The van der Waals surface area contributed by atoms with Gasteiger partial charge in [-0.3, -0.25) is 9.59 Å². The van der Waals surface area contributed by atoms with Crippen LogP contribution in [0.2, 0.25) is 0 Å². The third-order valence-electron chi connectivity index (χ3n) is 5.45. The highest BCUT2D eigenvalue weighted by atomic mass is 16.4. The number of aromatic carboxylic acids is 2. The number of amides is 2. The fourth-order valence-corrected chi connectivity index (χ4v) is 3.06. The van der Waals surface area contributed by atoms with Crippen molar-refractivity contribution in [2.24, 2.45) is 0 Å². The smallest absolute Gasteiger partial charge is 0.336 e. The summed E-state index contributed by atoms with van der Waals surface area (Å²) in [5.41, 5.74) is -0.0189. The van der Waals surface area contributed by atoms with Gasteiger partial charge >= 0.3 is 11.9 Å². The fraction of sp³-hybridized carbons (Fsp3) is 0.333. The standard InChI is InChI=1S/C24H28N2O6/c1-5-13(3)15-7-9-16(10-8-15)26-22(28)18-11-17(21(27)25-14(4)6-2)19(23(29)30)12-20(18)24(31)32/h7-14H,5-6H2,1-4H3,(H,25,27)(H,26,28)(H,29,30)(H,31,32). The van der Waals surface area contributed by atoms with Gasteiger partial charge in [0.2, 0.25) is 0 Å². The minimum Gasteiger partial charge on any atom is -0.478 e. The Kier molecular flexibility index (Phi) is 8.12. The van der Waals surface area contributed by atoms with Crippen LogP contribution in [-0.2, 0) is 0 Å². The summed E-state index contributed by atoms with van der Waals surface area (Å²) in [5, 5.41) is 24.3. The van der Waals surface area contributed by atoms with E-state index in [1.807, 2.05) is 19.1 Å². The largest absolute Gasteiger partial charge is 0.478 e. The number of carbonyl (C=O) groups is 4. The third-order valence-corrected chi connectivity index (χ3v) is 5.45. The van der Waals surface area contributed by atoms with Gasteiger partial charge in [-0.25, -0.2) is 9.59 Å². The van der Waals surface area contributed by atoms with Crippen molar-refractivity contribution < 1.29 is 29.4 Å². The van der Waals surface area contributed by atoms with Crippen molar-refractivity contribution in [1.82, 2.24) is 5.32 Å².